The van der Waals surface area contributed by atoms with E-state index in [2.05, 4.69) is 12.1 Å². The van der Waals surface area contributed by atoms with Gasteiger partial charge in [-0.25, -0.2) is 4.79 Å². The van der Waals surface area contributed by atoms with Gasteiger partial charge in [0.2, 0.25) is 0 Å². The highest BCUT2D eigenvalue weighted by atomic mass is 32.2. The maximum Gasteiger partial charge on any atom is 0.326 e. The molecule has 7 heteroatoms. The normalized spacial score (nSPS) is 24.3. The molecule has 5 nitrogen and oxygen atoms in total. The number of piperidine rings is 1. The summed E-state index contributed by atoms with van der Waals surface area (Å²) in [6, 6.07) is 7.16. The number of benzene rings is 1. The van der Waals surface area contributed by atoms with E-state index in [9.17, 15) is 14.7 Å². The standard InChI is InChI=1S/C19H25NO4S2/c1-13-7-8-20(16(11-13)18(22)23)17(21)12-24-15-5-3-14(4-6-15)19-25-9-2-10-26-19/h3-6,13,16,19H,2,7-12H2,1H3,(H,22,23). The van der Waals surface area contributed by atoms with Crippen LogP contribution in [0, 0.1) is 5.92 Å². The Morgan fingerprint density at radius 1 is 1.23 bits per heavy atom. The summed E-state index contributed by atoms with van der Waals surface area (Å²) in [5, 5.41) is 9.38. The van der Waals surface area contributed by atoms with E-state index < -0.39 is 12.0 Å². The lowest BCUT2D eigenvalue weighted by Crippen LogP contribution is -2.51. The third kappa shape index (κ3) is 4.88. The summed E-state index contributed by atoms with van der Waals surface area (Å²) in [4.78, 5) is 25.3. The van der Waals surface area contributed by atoms with Gasteiger partial charge in [0.05, 0.1) is 4.58 Å². The van der Waals surface area contributed by atoms with E-state index in [1.54, 1.807) is 0 Å². The van der Waals surface area contributed by atoms with Crippen LogP contribution in [0.5, 0.6) is 5.75 Å². The molecule has 2 aliphatic rings. The van der Waals surface area contributed by atoms with Crippen LogP contribution in [0.3, 0.4) is 0 Å². The Morgan fingerprint density at radius 3 is 2.58 bits per heavy atom. The lowest BCUT2D eigenvalue weighted by molar-refractivity contribution is -0.153. The van der Waals surface area contributed by atoms with E-state index in [0.717, 1.165) is 6.42 Å². The van der Waals surface area contributed by atoms with Gasteiger partial charge in [0, 0.05) is 6.54 Å². The molecule has 1 aromatic carbocycles. The van der Waals surface area contributed by atoms with Crippen molar-refractivity contribution in [1.82, 2.24) is 4.90 Å². The molecule has 0 radical (unpaired) electrons. The highest BCUT2D eigenvalue weighted by Gasteiger charge is 2.34. The molecule has 0 spiro atoms. The van der Waals surface area contributed by atoms with E-state index in [1.807, 2.05) is 42.6 Å². The number of carbonyl (C=O) groups is 2. The molecule has 2 heterocycles. The molecule has 1 aromatic rings. The van der Waals surface area contributed by atoms with Crippen LogP contribution in [0.4, 0.5) is 0 Å². The molecule has 1 amide bonds. The van der Waals surface area contributed by atoms with Gasteiger partial charge in [0.25, 0.3) is 5.91 Å². The zero-order chi connectivity index (χ0) is 18.5. The summed E-state index contributed by atoms with van der Waals surface area (Å²) >= 11 is 3.94. The number of rotatable bonds is 5. The first kappa shape index (κ1) is 19.4. The SMILES string of the molecule is CC1CCN(C(=O)COc2ccc(C3SCCCS3)cc2)C(C(=O)O)C1. The third-order valence-electron chi connectivity index (χ3n) is 4.81. The number of amides is 1. The van der Waals surface area contributed by atoms with Crippen molar-refractivity contribution in [2.24, 2.45) is 5.92 Å². The predicted molar refractivity (Wildman–Crippen MR) is 106 cm³/mol. The van der Waals surface area contributed by atoms with Crippen molar-refractivity contribution in [2.75, 3.05) is 24.7 Å². The predicted octanol–water partition coefficient (Wildman–Crippen LogP) is 3.65. The van der Waals surface area contributed by atoms with Crippen molar-refractivity contribution >= 4 is 35.4 Å². The van der Waals surface area contributed by atoms with E-state index in [1.165, 1.54) is 28.4 Å². The Bertz CT molecular complexity index is 631. The number of hydrogen-bond donors (Lipinski definition) is 1. The summed E-state index contributed by atoms with van der Waals surface area (Å²) in [7, 11) is 0. The van der Waals surface area contributed by atoms with Crippen LogP contribution < -0.4 is 4.74 Å². The van der Waals surface area contributed by atoms with Crippen molar-refractivity contribution in [1.29, 1.82) is 0 Å². The molecule has 1 N–H and O–H groups in total. The minimum Gasteiger partial charge on any atom is -0.484 e. The Morgan fingerprint density at radius 2 is 1.92 bits per heavy atom. The van der Waals surface area contributed by atoms with Crippen molar-refractivity contribution in [3.05, 3.63) is 29.8 Å². The zero-order valence-electron chi connectivity index (χ0n) is 14.9. The van der Waals surface area contributed by atoms with Gasteiger partial charge in [-0.15, -0.1) is 23.5 Å². The number of aliphatic carboxylic acids is 1. The number of likely N-dealkylation sites (tertiary alicyclic amines) is 1. The first-order valence-corrected chi connectivity index (χ1v) is 11.1. The topological polar surface area (TPSA) is 66.8 Å². The number of thioether (sulfide) groups is 2. The van der Waals surface area contributed by atoms with Crippen LogP contribution >= 0.6 is 23.5 Å². The fraction of sp³-hybridized carbons (Fsp3) is 0.579. The molecule has 2 atom stereocenters. The number of nitrogens with zero attached hydrogens (tertiary/aromatic N) is 1. The van der Waals surface area contributed by atoms with Crippen molar-refractivity contribution in [3.8, 4) is 5.75 Å². The Labute approximate surface area is 162 Å². The van der Waals surface area contributed by atoms with Crippen LogP contribution in [0.1, 0.15) is 36.3 Å². The third-order valence-corrected chi connectivity index (χ3v) is 7.83. The summed E-state index contributed by atoms with van der Waals surface area (Å²) < 4.78 is 6.10. The molecule has 2 saturated heterocycles. The zero-order valence-corrected chi connectivity index (χ0v) is 16.6. The average molecular weight is 396 g/mol. The molecule has 0 aromatic heterocycles. The maximum atomic E-state index is 12.4. The summed E-state index contributed by atoms with van der Waals surface area (Å²) in [5.74, 6) is 2.17. The summed E-state index contributed by atoms with van der Waals surface area (Å²) in [6.45, 7) is 2.39. The van der Waals surface area contributed by atoms with Gasteiger partial charge in [-0.05, 0) is 54.4 Å². The van der Waals surface area contributed by atoms with E-state index in [0.29, 0.717) is 29.2 Å². The number of carboxylic acids is 1. The van der Waals surface area contributed by atoms with Gasteiger partial charge >= 0.3 is 5.97 Å². The highest BCUT2D eigenvalue weighted by Crippen LogP contribution is 2.43. The van der Waals surface area contributed by atoms with Crippen LogP contribution in [0.2, 0.25) is 0 Å². The van der Waals surface area contributed by atoms with Gasteiger partial charge in [0.15, 0.2) is 6.61 Å². The van der Waals surface area contributed by atoms with E-state index >= 15 is 0 Å². The molecular formula is C19H25NO4S2. The smallest absolute Gasteiger partial charge is 0.326 e. The van der Waals surface area contributed by atoms with Gasteiger partial charge < -0.3 is 14.7 Å². The highest BCUT2D eigenvalue weighted by molar-refractivity contribution is 8.16. The quantitative estimate of drug-likeness (QED) is 0.821. The summed E-state index contributed by atoms with van der Waals surface area (Å²) in [6.07, 6.45) is 2.61. The van der Waals surface area contributed by atoms with Crippen LogP contribution in [-0.2, 0) is 9.59 Å². The second-order valence-corrected chi connectivity index (χ2v) is 9.58. The molecule has 0 saturated carbocycles. The van der Waals surface area contributed by atoms with Gasteiger partial charge in [0.1, 0.15) is 11.8 Å². The molecule has 2 unspecified atom stereocenters. The van der Waals surface area contributed by atoms with Crippen LogP contribution in [0.25, 0.3) is 0 Å². The molecule has 2 aliphatic heterocycles. The molecular weight excluding hydrogens is 370 g/mol. The lowest BCUT2D eigenvalue weighted by Gasteiger charge is -2.35. The molecule has 3 rings (SSSR count). The number of hydrogen-bond acceptors (Lipinski definition) is 5. The van der Waals surface area contributed by atoms with Gasteiger partial charge in [-0.1, -0.05) is 19.1 Å². The number of carboxylic acid groups (broad SMARTS) is 1. The first-order valence-electron chi connectivity index (χ1n) is 9.03. The number of carbonyl (C=O) groups excluding carboxylic acids is 1. The second kappa shape index (κ2) is 9.04. The molecule has 0 aliphatic carbocycles. The fourth-order valence-corrected chi connectivity index (χ4v) is 6.20. The number of ether oxygens (including phenoxy) is 1. The Kier molecular flexibility index (Phi) is 6.75. The van der Waals surface area contributed by atoms with Gasteiger partial charge in [-0.2, -0.15) is 0 Å². The second-order valence-electron chi connectivity index (χ2n) is 6.86. The Hall–Kier alpha value is -1.34. The molecule has 0 bridgehead atoms. The lowest BCUT2D eigenvalue weighted by atomic mass is 9.92. The van der Waals surface area contributed by atoms with Gasteiger partial charge in [-0.3, -0.25) is 4.79 Å². The fourth-order valence-electron chi connectivity index (χ4n) is 3.30. The largest absolute Gasteiger partial charge is 0.484 e. The monoisotopic (exact) mass is 395 g/mol. The first-order chi connectivity index (χ1) is 12.5. The minimum absolute atomic E-state index is 0.121. The van der Waals surface area contributed by atoms with Crippen molar-refractivity contribution in [3.63, 3.8) is 0 Å². The van der Waals surface area contributed by atoms with Crippen LogP contribution in [-0.4, -0.2) is 52.6 Å². The Balaban J connectivity index is 1.54. The maximum absolute atomic E-state index is 12.4. The van der Waals surface area contributed by atoms with Crippen LogP contribution in [0.15, 0.2) is 24.3 Å². The minimum atomic E-state index is -0.934. The molecule has 2 fully saturated rings. The van der Waals surface area contributed by atoms with E-state index in [-0.39, 0.29) is 12.5 Å². The average Bonchev–Trinajstić information content (AvgIpc) is 2.67. The molecule has 26 heavy (non-hydrogen) atoms. The summed E-state index contributed by atoms with van der Waals surface area (Å²) in [5.41, 5.74) is 1.27. The van der Waals surface area contributed by atoms with Crippen molar-refractivity contribution < 1.29 is 19.4 Å². The molecule has 142 valence electrons. The van der Waals surface area contributed by atoms with Crippen molar-refractivity contribution in [2.45, 2.75) is 36.8 Å². The van der Waals surface area contributed by atoms with E-state index in [4.69, 9.17) is 4.74 Å².